The number of ketones is 1. The second kappa shape index (κ2) is 10.4. The SMILES string of the molecule is CC(=O)Oc1c(C(=O)OCC(=O)C2NCN2)c2c(c3ccccc13)OC(c1ccccc1)(c1ccccc1)C=C2. The second-order valence-corrected chi connectivity index (χ2v) is 9.55. The summed E-state index contributed by atoms with van der Waals surface area (Å²) in [5.74, 6) is -1.23. The number of Topliss-reactive ketones (excluding diaryl/α,β-unsaturated/α-hetero) is 1. The number of nitrogens with one attached hydrogen (secondary N) is 2. The average molecular weight is 535 g/mol. The van der Waals surface area contributed by atoms with E-state index in [4.69, 9.17) is 14.2 Å². The molecule has 2 N–H and O–H groups in total. The lowest BCUT2D eigenvalue weighted by atomic mass is 9.82. The molecule has 6 rings (SSSR count). The second-order valence-electron chi connectivity index (χ2n) is 9.55. The fraction of sp³-hybridized carbons (Fsp3) is 0.156. The monoisotopic (exact) mass is 534 g/mol. The van der Waals surface area contributed by atoms with Crippen LogP contribution in [0.25, 0.3) is 16.8 Å². The number of hydrogen-bond acceptors (Lipinski definition) is 8. The maximum atomic E-state index is 13.6. The van der Waals surface area contributed by atoms with Gasteiger partial charge >= 0.3 is 11.9 Å². The highest BCUT2D eigenvalue weighted by molar-refractivity contribution is 6.10. The first-order valence-corrected chi connectivity index (χ1v) is 12.9. The van der Waals surface area contributed by atoms with E-state index < -0.39 is 30.3 Å². The van der Waals surface area contributed by atoms with Gasteiger partial charge < -0.3 is 14.2 Å². The lowest BCUT2D eigenvalue weighted by molar-refractivity contribution is -0.132. The van der Waals surface area contributed by atoms with Crippen molar-refractivity contribution in [3.05, 3.63) is 113 Å². The highest BCUT2D eigenvalue weighted by Crippen LogP contribution is 2.49. The highest BCUT2D eigenvalue weighted by atomic mass is 16.6. The summed E-state index contributed by atoms with van der Waals surface area (Å²) >= 11 is 0. The molecule has 0 unspecified atom stereocenters. The van der Waals surface area contributed by atoms with Gasteiger partial charge in [-0.1, -0.05) is 84.9 Å². The van der Waals surface area contributed by atoms with E-state index in [2.05, 4.69) is 10.6 Å². The van der Waals surface area contributed by atoms with Crippen molar-refractivity contribution >= 4 is 34.6 Å². The van der Waals surface area contributed by atoms with Crippen LogP contribution >= 0.6 is 0 Å². The fourth-order valence-electron chi connectivity index (χ4n) is 5.08. The van der Waals surface area contributed by atoms with E-state index in [-0.39, 0.29) is 17.1 Å². The average Bonchev–Trinajstić information content (AvgIpc) is 2.95. The molecule has 0 atom stereocenters. The molecule has 200 valence electrons. The van der Waals surface area contributed by atoms with Crippen LogP contribution in [-0.2, 0) is 19.9 Å². The largest absolute Gasteiger partial charge is 0.472 e. The minimum atomic E-state index is -1.00. The van der Waals surface area contributed by atoms with Crippen LogP contribution in [0.1, 0.15) is 34.0 Å². The maximum absolute atomic E-state index is 13.6. The molecule has 0 aliphatic carbocycles. The number of esters is 2. The summed E-state index contributed by atoms with van der Waals surface area (Å²) in [6, 6.07) is 26.9. The van der Waals surface area contributed by atoms with E-state index in [0.717, 1.165) is 11.1 Å². The van der Waals surface area contributed by atoms with Gasteiger partial charge in [-0.2, -0.15) is 0 Å². The molecule has 0 saturated carbocycles. The van der Waals surface area contributed by atoms with Crippen LogP contribution in [0.2, 0.25) is 0 Å². The summed E-state index contributed by atoms with van der Waals surface area (Å²) in [7, 11) is 0. The molecule has 4 aromatic carbocycles. The summed E-state index contributed by atoms with van der Waals surface area (Å²) in [5, 5.41) is 6.98. The molecule has 2 aliphatic heterocycles. The third kappa shape index (κ3) is 4.43. The van der Waals surface area contributed by atoms with Gasteiger partial charge in [0.15, 0.2) is 18.0 Å². The number of carbonyl (C=O) groups is 3. The standard InChI is InChI=1S/C32H26N2O6/c1-20(35)39-29-24-15-9-8-14-23(24)28-25(27(29)31(37)38-18-26(36)30-33-19-34-30)16-17-32(40-28,21-10-4-2-5-11-21)22-12-6-3-7-13-22/h2-17,30,33-34H,18-19H2,1H3. The normalized spacial score (nSPS) is 15.4. The molecule has 2 heterocycles. The van der Waals surface area contributed by atoms with Gasteiger partial charge in [0.25, 0.3) is 0 Å². The molecular formula is C32H26N2O6. The summed E-state index contributed by atoms with van der Waals surface area (Å²) < 4.78 is 18.0. The van der Waals surface area contributed by atoms with Crippen LogP contribution in [0.3, 0.4) is 0 Å². The van der Waals surface area contributed by atoms with Crippen molar-refractivity contribution in [3.8, 4) is 11.5 Å². The molecule has 8 heteroatoms. The van der Waals surface area contributed by atoms with Crippen molar-refractivity contribution < 1.29 is 28.6 Å². The van der Waals surface area contributed by atoms with Crippen LogP contribution in [0.4, 0.5) is 0 Å². The predicted octanol–water partition coefficient (Wildman–Crippen LogP) is 4.32. The quantitative estimate of drug-likeness (QED) is 0.267. The number of rotatable bonds is 7. The molecule has 0 bridgehead atoms. The highest BCUT2D eigenvalue weighted by Gasteiger charge is 2.40. The Bertz CT molecular complexity index is 1610. The Labute approximate surface area is 230 Å². The van der Waals surface area contributed by atoms with Crippen molar-refractivity contribution in [2.75, 3.05) is 13.3 Å². The van der Waals surface area contributed by atoms with Crippen LogP contribution in [-0.4, -0.2) is 37.2 Å². The van der Waals surface area contributed by atoms with Gasteiger partial charge in [0.1, 0.15) is 17.5 Å². The van der Waals surface area contributed by atoms with E-state index in [1.165, 1.54) is 6.92 Å². The smallest absolute Gasteiger partial charge is 0.343 e. The first-order valence-electron chi connectivity index (χ1n) is 12.9. The summed E-state index contributed by atoms with van der Waals surface area (Å²) in [6.07, 6.45) is 3.12. The number of hydrogen-bond donors (Lipinski definition) is 2. The topological polar surface area (TPSA) is 103 Å². The lowest BCUT2D eigenvalue weighted by Crippen LogP contribution is -2.63. The van der Waals surface area contributed by atoms with E-state index in [9.17, 15) is 14.4 Å². The Morgan fingerprint density at radius 3 is 2.05 bits per heavy atom. The van der Waals surface area contributed by atoms with Crippen LogP contribution in [0, 0.1) is 0 Å². The number of carbonyl (C=O) groups excluding carboxylic acids is 3. The number of fused-ring (bicyclic) bond motifs is 3. The summed E-state index contributed by atoms with van der Waals surface area (Å²) in [6.45, 7) is 1.32. The molecule has 40 heavy (non-hydrogen) atoms. The van der Waals surface area contributed by atoms with E-state index >= 15 is 0 Å². The van der Waals surface area contributed by atoms with Crippen LogP contribution in [0.15, 0.2) is 91.0 Å². The number of benzene rings is 4. The van der Waals surface area contributed by atoms with Gasteiger partial charge in [0.2, 0.25) is 5.78 Å². The first kappa shape index (κ1) is 25.5. The Kier molecular flexibility index (Phi) is 6.63. The molecular weight excluding hydrogens is 508 g/mol. The van der Waals surface area contributed by atoms with Crippen molar-refractivity contribution in [2.24, 2.45) is 0 Å². The Hall–Kier alpha value is -4.79. The number of ether oxygens (including phenoxy) is 3. The lowest BCUT2D eigenvalue weighted by Gasteiger charge is -2.37. The maximum Gasteiger partial charge on any atom is 0.343 e. The molecule has 4 aromatic rings. The van der Waals surface area contributed by atoms with Gasteiger partial charge in [-0.15, -0.1) is 0 Å². The van der Waals surface area contributed by atoms with Crippen molar-refractivity contribution in [3.63, 3.8) is 0 Å². The zero-order chi connectivity index (χ0) is 27.7. The summed E-state index contributed by atoms with van der Waals surface area (Å²) in [5.41, 5.74) is 1.20. The van der Waals surface area contributed by atoms with Crippen molar-refractivity contribution in [2.45, 2.75) is 18.7 Å². The van der Waals surface area contributed by atoms with Gasteiger partial charge in [0.05, 0.1) is 0 Å². The van der Waals surface area contributed by atoms with E-state index in [1.54, 1.807) is 18.2 Å². The van der Waals surface area contributed by atoms with Crippen LogP contribution in [0.5, 0.6) is 11.5 Å². The Morgan fingerprint density at radius 2 is 1.48 bits per heavy atom. The zero-order valence-electron chi connectivity index (χ0n) is 21.7. The molecule has 0 radical (unpaired) electrons. The van der Waals surface area contributed by atoms with Gasteiger partial charge in [-0.25, -0.2) is 4.79 Å². The third-order valence-electron chi connectivity index (χ3n) is 7.04. The molecule has 8 nitrogen and oxygen atoms in total. The minimum Gasteiger partial charge on any atom is -0.472 e. The first-order chi connectivity index (χ1) is 19.5. The Morgan fingerprint density at radius 1 is 0.875 bits per heavy atom. The van der Waals surface area contributed by atoms with Gasteiger partial charge in [0, 0.05) is 41.1 Å². The van der Waals surface area contributed by atoms with Crippen molar-refractivity contribution in [1.82, 2.24) is 10.6 Å². The predicted molar refractivity (Wildman–Crippen MR) is 149 cm³/mol. The van der Waals surface area contributed by atoms with Crippen LogP contribution < -0.4 is 20.1 Å². The van der Waals surface area contributed by atoms with E-state index in [1.807, 2.05) is 78.9 Å². The molecule has 1 fully saturated rings. The minimum absolute atomic E-state index is 0.0113. The third-order valence-corrected chi connectivity index (χ3v) is 7.04. The molecule has 0 amide bonds. The van der Waals surface area contributed by atoms with Gasteiger partial charge in [-0.3, -0.25) is 20.2 Å². The molecule has 2 aliphatic rings. The molecule has 1 saturated heterocycles. The van der Waals surface area contributed by atoms with Gasteiger partial charge in [-0.05, 0) is 12.2 Å². The molecule has 0 aromatic heterocycles. The van der Waals surface area contributed by atoms with Crippen molar-refractivity contribution in [1.29, 1.82) is 0 Å². The Balaban J connectivity index is 1.54. The molecule has 0 spiro atoms. The summed E-state index contributed by atoms with van der Waals surface area (Å²) in [4.78, 5) is 38.2. The fourth-order valence-corrected chi connectivity index (χ4v) is 5.08. The zero-order valence-corrected chi connectivity index (χ0v) is 21.7. The van der Waals surface area contributed by atoms with E-state index in [0.29, 0.717) is 28.8 Å².